The van der Waals surface area contributed by atoms with E-state index in [0.717, 1.165) is 19.6 Å². The van der Waals surface area contributed by atoms with E-state index in [-0.39, 0.29) is 11.9 Å². The van der Waals surface area contributed by atoms with Crippen LogP contribution in [0, 0.1) is 6.92 Å². The Bertz CT molecular complexity index is 392. The maximum atomic E-state index is 11.7. The summed E-state index contributed by atoms with van der Waals surface area (Å²) in [6.07, 6.45) is 0. The van der Waals surface area contributed by atoms with E-state index in [9.17, 15) is 4.79 Å². The van der Waals surface area contributed by atoms with E-state index < -0.39 is 0 Å². The SMILES string of the molecule is Cc1nnc(NC(=O)CN2CCN[C@@H](C)C2)o1. The topological polar surface area (TPSA) is 83.3 Å². The first-order valence-corrected chi connectivity index (χ1v) is 5.69. The Morgan fingerprint density at radius 1 is 1.65 bits per heavy atom. The van der Waals surface area contributed by atoms with E-state index >= 15 is 0 Å². The van der Waals surface area contributed by atoms with Crippen LogP contribution in [-0.2, 0) is 4.79 Å². The van der Waals surface area contributed by atoms with Crippen LogP contribution < -0.4 is 10.6 Å². The lowest BCUT2D eigenvalue weighted by atomic mass is 10.2. The number of hydrogen-bond acceptors (Lipinski definition) is 6. The number of hydrogen-bond donors (Lipinski definition) is 2. The lowest BCUT2D eigenvalue weighted by Crippen LogP contribution is -2.51. The van der Waals surface area contributed by atoms with Gasteiger partial charge in [0.1, 0.15) is 0 Å². The number of anilines is 1. The molecule has 0 aliphatic carbocycles. The quantitative estimate of drug-likeness (QED) is 0.747. The van der Waals surface area contributed by atoms with Crippen LogP contribution in [0.5, 0.6) is 0 Å². The van der Waals surface area contributed by atoms with Gasteiger partial charge < -0.3 is 9.73 Å². The molecule has 0 radical (unpaired) electrons. The highest BCUT2D eigenvalue weighted by atomic mass is 16.4. The summed E-state index contributed by atoms with van der Waals surface area (Å²) in [6, 6.07) is 0.581. The third kappa shape index (κ3) is 3.50. The Labute approximate surface area is 99.6 Å². The first-order valence-electron chi connectivity index (χ1n) is 5.69. The molecule has 17 heavy (non-hydrogen) atoms. The Kier molecular flexibility index (Phi) is 3.70. The van der Waals surface area contributed by atoms with Gasteiger partial charge in [-0.1, -0.05) is 5.10 Å². The van der Waals surface area contributed by atoms with Gasteiger partial charge in [-0.2, -0.15) is 0 Å². The maximum absolute atomic E-state index is 11.7. The van der Waals surface area contributed by atoms with Crippen LogP contribution in [-0.4, -0.2) is 53.2 Å². The van der Waals surface area contributed by atoms with E-state index in [1.54, 1.807) is 6.92 Å². The highest BCUT2D eigenvalue weighted by Gasteiger charge is 2.18. The summed E-state index contributed by atoms with van der Waals surface area (Å²) in [4.78, 5) is 13.8. The number of aromatic nitrogens is 2. The number of rotatable bonds is 3. The monoisotopic (exact) mass is 239 g/mol. The van der Waals surface area contributed by atoms with E-state index in [4.69, 9.17) is 4.42 Å². The molecule has 1 amide bonds. The van der Waals surface area contributed by atoms with Crippen molar-refractivity contribution < 1.29 is 9.21 Å². The van der Waals surface area contributed by atoms with Gasteiger partial charge in [0.05, 0.1) is 6.54 Å². The molecular formula is C10H17N5O2. The Balaban J connectivity index is 1.80. The van der Waals surface area contributed by atoms with Crippen LogP contribution in [0.4, 0.5) is 6.01 Å². The highest BCUT2D eigenvalue weighted by Crippen LogP contribution is 2.04. The maximum Gasteiger partial charge on any atom is 0.322 e. The Hall–Kier alpha value is -1.47. The molecular weight excluding hydrogens is 222 g/mol. The first kappa shape index (κ1) is 12.0. The Morgan fingerprint density at radius 2 is 2.47 bits per heavy atom. The predicted molar refractivity (Wildman–Crippen MR) is 61.6 cm³/mol. The number of amides is 1. The molecule has 1 atom stereocenters. The normalized spacial score (nSPS) is 21.4. The molecule has 1 aliphatic rings. The molecule has 0 aromatic carbocycles. The molecule has 1 fully saturated rings. The van der Waals surface area contributed by atoms with Gasteiger partial charge in [0.25, 0.3) is 0 Å². The van der Waals surface area contributed by atoms with Crippen molar-refractivity contribution >= 4 is 11.9 Å². The lowest BCUT2D eigenvalue weighted by Gasteiger charge is -2.30. The summed E-state index contributed by atoms with van der Waals surface area (Å²) in [5.74, 6) is 0.318. The summed E-state index contributed by atoms with van der Waals surface area (Å²) >= 11 is 0. The molecule has 0 spiro atoms. The molecule has 2 heterocycles. The van der Waals surface area contributed by atoms with E-state index in [2.05, 4.69) is 32.7 Å². The van der Waals surface area contributed by atoms with Crippen molar-refractivity contribution in [1.82, 2.24) is 20.4 Å². The molecule has 0 saturated carbocycles. The number of piperazine rings is 1. The van der Waals surface area contributed by atoms with E-state index in [0.29, 0.717) is 18.5 Å². The molecule has 7 heteroatoms. The Morgan fingerprint density at radius 3 is 3.12 bits per heavy atom. The van der Waals surface area contributed by atoms with E-state index in [1.165, 1.54) is 0 Å². The molecule has 94 valence electrons. The number of nitrogens with zero attached hydrogens (tertiary/aromatic N) is 3. The van der Waals surface area contributed by atoms with Gasteiger partial charge in [0.2, 0.25) is 11.8 Å². The fourth-order valence-electron chi connectivity index (χ4n) is 1.86. The summed E-state index contributed by atoms with van der Waals surface area (Å²) in [7, 11) is 0. The fraction of sp³-hybridized carbons (Fsp3) is 0.700. The van der Waals surface area contributed by atoms with Gasteiger partial charge in [0, 0.05) is 32.6 Å². The molecule has 2 rings (SSSR count). The van der Waals surface area contributed by atoms with Crippen LogP contribution in [0.25, 0.3) is 0 Å². The van der Waals surface area contributed by atoms with Crippen molar-refractivity contribution in [2.75, 3.05) is 31.5 Å². The van der Waals surface area contributed by atoms with Crippen LogP contribution >= 0.6 is 0 Å². The van der Waals surface area contributed by atoms with E-state index in [1.807, 2.05) is 0 Å². The number of aryl methyl sites for hydroxylation is 1. The van der Waals surface area contributed by atoms with Crippen molar-refractivity contribution in [2.45, 2.75) is 19.9 Å². The van der Waals surface area contributed by atoms with Crippen LogP contribution in [0.2, 0.25) is 0 Å². The molecule has 1 aromatic rings. The van der Waals surface area contributed by atoms with Crippen LogP contribution in [0.1, 0.15) is 12.8 Å². The molecule has 1 aromatic heterocycles. The van der Waals surface area contributed by atoms with Crippen molar-refractivity contribution in [3.05, 3.63) is 5.89 Å². The van der Waals surface area contributed by atoms with Crippen molar-refractivity contribution in [2.24, 2.45) is 0 Å². The fourth-order valence-corrected chi connectivity index (χ4v) is 1.86. The number of carbonyl (C=O) groups is 1. The second kappa shape index (κ2) is 5.24. The van der Waals surface area contributed by atoms with Gasteiger partial charge in [-0.15, -0.1) is 5.10 Å². The number of nitrogens with one attached hydrogen (secondary N) is 2. The summed E-state index contributed by atoms with van der Waals surface area (Å²) in [5, 5.41) is 13.3. The smallest absolute Gasteiger partial charge is 0.322 e. The van der Waals surface area contributed by atoms with Crippen LogP contribution in [0.3, 0.4) is 0 Å². The van der Waals surface area contributed by atoms with Crippen LogP contribution in [0.15, 0.2) is 4.42 Å². The number of carbonyl (C=O) groups excluding carboxylic acids is 1. The molecule has 0 bridgehead atoms. The van der Waals surface area contributed by atoms with Gasteiger partial charge in [0.15, 0.2) is 0 Å². The van der Waals surface area contributed by atoms with Gasteiger partial charge in [-0.25, -0.2) is 0 Å². The average Bonchev–Trinajstić information content (AvgIpc) is 2.63. The predicted octanol–water partition coefficient (Wildman–Crippen LogP) is -0.390. The lowest BCUT2D eigenvalue weighted by molar-refractivity contribution is -0.117. The third-order valence-electron chi connectivity index (χ3n) is 2.59. The van der Waals surface area contributed by atoms with Crippen molar-refractivity contribution in [3.63, 3.8) is 0 Å². The summed E-state index contributed by atoms with van der Waals surface area (Å²) in [5.41, 5.74) is 0. The minimum absolute atomic E-state index is 0.122. The standard InChI is InChI=1S/C10H17N5O2/c1-7-5-15(4-3-11-7)6-9(16)12-10-14-13-8(2)17-10/h7,11H,3-6H2,1-2H3,(H,12,14,16)/t7-/m0/s1. The molecule has 7 nitrogen and oxygen atoms in total. The highest BCUT2D eigenvalue weighted by molar-refractivity contribution is 5.90. The van der Waals surface area contributed by atoms with Crippen molar-refractivity contribution in [1.29, 1.82) is 0 Å². The van der Waals surface area contributed by atoms with Crippen molar-refractivity contribution in [3.8, 4) is 0 Å². The minimum Gasteiger partial charge on any atom is -0.408 e. The minimum atomic E-state index is -0.122. The first-order chi connectivity index (χ1) is 8.13. The second-order valence-corrected chi connectivity index (χ2v) is 4.26. The zero-order valence-corrected chi connectivity index (χ0v) is 10.1. The third-order valence-corrected chi connectivity index (χ3v) is 2.59. The summed E-state index contributed by atoms with van der Waals surface area (Å²) < 4.78 is 5.08. The molecule has 1 saturated heterocycles. The largest absolute Gasteiger partial charge is 0.408 e. The second-order valence-electron chi connectivity index (χ2n) is 4.26. The zero-order valence-electron chi connectivity index (χ0n) is 10.1. The molecule has 2 N–H and O–H groups in total. The van der Waals surface area contributed by atoms with Gasteiger partial charge in [-0.05, 0) is 6.92 Å². The molecule has 1 aliphatic heterocycles. The molecule has 0 unspecified atom stereocenters. The summed E-state index contributed by atoms with van der Waals surface area (Å²) in [6.45, 7) is 6.80. The van der Waals surface area contributed by atoms with Gasteiger partial charge >= 0.3 is 6.01 Å². The average molecular weight is 239 g/mol. The zero-order chi connectivity index (χ0) is 12.3. The van der Waals surface area contributed by atoms with Gasteiger partial charge in [-0.3, -0.25) is 15.0 Å².